The second-order valence-corrected chi connectivity index (χ2v) is 6.71. The van der Waals surface area contributed by atoms with Crippen molar-refractivity contribution < 1.29 is 4.74 Å². The van der Waals surface area contributed by atoms with E-state index in [0.717, 1.165) is 18.9 Å². The summed E-state index contributed by atoms with van der Waals surface area (Å²) < 4.78 is 5.47. The van der Waals surface area contributed by atoms with Crippen molar-refractivity contribution in [1.29, 1.82) is 0 Å². The fraction of sp³-hybridized carbons (Fsp3) is 0.929. The maximum Gasteiger partial charge on any atom is 0.191 e. The quantitative estimate of drug-likeness (QED) is 0.593. The van der Waals surface area contributed by atoms with Gasteiger partial charge in [0.1, 0.15) is 0 Å². The van der Waals surface area contributed by atoms with E-state index in [0.29, 0.717) is 17.6 Å². The molecule has 2 aliphatic carbocycles. The minimum Gasteiger partial charge on any atom is -0.381 e. The van der Waals surface area contributed by atoms with Crippen LogP contribution in [0.2, 0.25) is 0 Å². The molecule has 4 heteroatoms. The molecule has 0 bridgehead atoms. The fourth-order valence-corrected chi connectivity index (χ4v) is 2.58. The van der Waals surface area contributed by atoms with Gasteiger partial charge in [0.05, 0.1) is 6.10 Å². The van der Waals surface area contributed by atoms with Crippen LogP contribution in [0.4, 0.5) is 0 Å². The van der Waals surface area contributed by atoms with E-state index in [9.17, 15) is 0 Å². The molecular formula is C14H27N3O. The zero-order chi connectivity index (χ0) is 13.4. The van der Waals surface area contributed by atoms with Gasteiger partial charge < -0.3 is 15.4 Å². The molecule has 18 heavy (non-hydrogen) atoms. The van der Waals surface area contributed by atoms with E-state index in [1.807, 2.05) is 7.05 Å². The molecule has 0 spiro atoms. The lowest BCUT2D eigenvalue weighted by atomic mass is 9.64. The molecular weight excluding hydrogens is 226 g/mol. The van der Waals surface area contributed by atoms with Gasteiger partial charge in [-0.1, -0.05) is 20.8 Å². The molecule has 0 aromatic rings. The third kappa shape index (κ3) is 2.63. The van der Waals surface area contributed by atoms with Crippen molar-refractivity contribution in [2.24, 2.45) is 15.8 Å². The van der Waals surface area contributed by atoms with Gasteiger partial charge in [0, 0.05) is 32.2 Å². The van der Waals surface area contributed by atoms with E-state index in [4.69, 9.17) is 4.74 Å². The lowest BCUT2D eigenvalue weighted by molar-refractivity contribution is -0.0922. The Kier molecular flexibility index (Phi) is 3.58. The predicted octanol–water partition coefficient (Wildman–Crippen LogP) is 1.76. The standard InChI is InChI=1S/C14H27N3O/c1-13(2)10(8-11(13)18-5)17-12(15-4)16-9-14(3)6-7-14/h10-11H,6-9H2,1-5H3,(H2,15,16,17). The maximum absolute atomic E-state index is 5.47. The van der Waals surface area contributed by atoms with Crippen molar-refractivity contribution in [1.82, 2.24) is 10.6 Å². The number of nitrogens with one attached hydrogen (secondary N) is 2. The predicted molar refractivity (Wildman–Crippen MR) is 74.8 cm³/mol. The molecule has 0 saturated heterocycles. The molecule has 2 unspecified atom stereocenters. The van der Waals surface area contributed by atoms with Crippen LogP contribution in [0, 0.1) is 10.8 Å². The first-order chi connectivity index (χ1) is 8.41. The number of nitrogens with zero attached hydrogens (tertiary/aromatic N) is 1. The minimum absolute atomic E-state index is 0.176. The highest BCUT2D eigenvalue weighted by atomic mass is 16.5. The molecule has 2 aliphatic rings. The zero-order valence-corrected chi connectivity index (χ0v) is 12.3. The number of aliphatic imine (C=N–C) groups is 1. The largest absolute Gasteiger partial charge is 0.381 e. The average Bonchev–Trinajstić information content (AvgIpc) is 3.06. The van der Waals surface area contributed by atoms with Crippen molar-refractivity contribution in [2.75, 3.05) is 20.7 Å². The first kappa shape index (κ1) is 13.7. The van der Waals surface area contributed by atoms with Gasteiger partial charge in [0.25, 0.3) is 0 Å². The van der Waals surface area contributed by atoms with Crippen LogP contribution in [0.25, 0.3) is 0 Å². The topological polar surface area (TPSA) is 45.7 Å². The second kappa shape index (κ2) is 4.72. The van der Waals surface area contributed by atoms with Crippen LogP contribution >= 0.6 is 0 Å². The number of hydrogen-bond acceptors (Lipinski definition) is 2. The summed E-state index contributed by atoms with van der Waals surface area (Å²) in [4.78, 5) is 4.31. The van der Waals surface area contributed by atoms with Gasteiger partial charge in [-0.05, 0) is 24.7 Å². The average molecular weight is 253 g/mol. The van der Waals surface area contributed by atoms with Crippen molar-refractivity contribution in [3.63, 3.8) is 0 Å². The molecule has 2 rings (SSSR count). The number of hydrogen-bond donors (Lipinski definition) is 2. The molecule has 104 valence electrons. The normalized spacial score (nSPS) is 32.6. The number of methoxy groups -OCH3 is 1. The van der Waals surface area contributed by atoms with E-state index in [-0.39, 0.29) is 5.41 Å². The first-order valence-corrected chi connectivity index (χ1v) is 6.91. The molecule has 2 fully saturated rings. The van der Waals surface area contributed by atoms with Gasteiger partial charge in [-0.2, -0.15) is 0 Å². The van der Waals surface area contributed by atoms with Crippen molar-refractivity contribution in [2.45, 2.75) is 52.2 Å². The highest BCUT2D eigenvalue weighted by Crippen LogP contribution is 2.44. The van der Waals surface area contributed by atoms with E-state index in [1.165, 1.54) is 12.8 Å². The van der Waals surface area contributed by atoms with Crippen molar-refractivity contribution in [3.8, 4) is 0 Å². The van der Waals surface area contributed by atoms with Crippen LogP contribution < -0.4 is 10.6 Å². The third-order valence-corrected chi connectivity index (χ3v) is 4.78. The van der Waals surface area contributed by atoms with E-state index in [1.54, 1.807) is 7.11 Å². The molecule has 2 atom stereocenters. The van der Waals surface area contributed by atoms with Gasteiger partial charge in [-0.3, -0.25) is 4.99 Å². The Morgan fingerprint density at radius 1 is 1.33 bits per heavy atom. The maximum atomic E-state index is 5.47. The summed E-state index contributed by atoms with van der Waals surface area (Å²) in [5.74, 6) is 0.927. The first-order valence-electron chi connectivity index (χ1n) is 6.91. The van der Waals surface area contributed by atoms with E-state index < -0.39 is 0 Å². The molecule has 2 saturated carbocycles. The van der Waals surface area contributed by atoms with Crippen LogP contribution in [0.15, 0.2) is 4.99 Å². The summed E-state index contributed by atoms with van der Waals surface area (Å²) in [7, 11) is 3.63. The third-order valence-electron chi connectivity index (χ3n) is 4.78. The highest BCUT2D eigenvalue weighted by molar-refractivity contribution is 5.80. The molecule has 0 radical (unpaired) electrons. The van der Waals surface area contributed by atoms with Gasteiger partial charge in [-0.15, -0.1) is 0 Å². The number of ether oxygens (including phenoxy) is 1. The molecule has 4 nitrogen and oxygen atoms in total. The Morgan fingerprint density at radius 2 is 2.00 bits per heavy atom. The number of guanidine groups is 1. The van der Waals surface area contributed by atoms with Gasteiger partial charge in [0.15, 0.2) is 5.96 Å². The van der Waals surface area contributed by atoms with Crippen LogP contribution in [0.1, 0.15) is 40.0 Å². The zero-order valence-electron chi connectivity index (χ0n) is 12.3. The van der Waals surface area contributed by atoms with Crippen molar-refractivity contribution >= 4 is 5.96 Å². The Labute approximate surface area is 111 Å². The summed E-state index contributed by atoms with van der Waals surface area (Å²) in [6.07, 6.45) is 4.07. The van der Waals surface area contributed by atoms with Crippen LogP contribution in [0.5, 0.6) is 0 Å². The van der Waals surface area contributed by atoms with Crippen molar-refractivity contribution in [3.05, 3.63) is 0 Å². The Bertz CT molecular complexity index is 334. The minimum atomic E-state index is 0.176. The smallest absolute Gasteiger partial charge is 0.191 e. The molecule has 0 heterocycles. The van der Waals surface area contributed by atoms with Crippen LogP contribution in [0.3, 0.4) is 0 Å². The number of rotatable bonds is 4. The molecule has 0 aliphatic heterocycles. The monoisotopic (exact) mass is 253 g/mol. The van der Waals surface area contributed by atoms with E-state index in [2.05, 4.69) is 36.4 Å². The SMILES string of the molecule is CN=C(NCC1(C)CC1)NC1CC(OC)C1(C)C. The van der Waals surface area contributed by atoms with Gasteiger partial charge in [0.2, 0.25) is 0 Å². The summed E-state index contributed by atoms with van der Waals surface area (Å²) in [5, 5.41) is 6.96. The van der Waals surface area contributed by atoms with Crippen LogP contribution in [-0.4, -0.2) is 38.8 Å². The second-order valence-electron chi connectivity index (χ2n) is 6.71. The lowest BCUT2D eigenvalue weighted by Crippen LogP contribution is -2.63. The summed E-state index contributed by atoms with van der Waals surface area (Å²) in [5.41, 5.74) is 0.678. The molecule has 0 aromatic carbocycles. The molecule has 0 amide bonds. The lowest BCUT2D eigenvalue weighted by Gasteiger charge is -2.51. The van der Waals surface area contributed by atoms with E-state index >= 15 is 0 Å². The Hall–Kier alpha value is -0.770. The summed E-state index contributed by atoms with van der Waals surface area (Å²) >= 11 is 0. The summed E-state index contributed by atoms with van der Waals surface area (Å²) in [6.45, 7) is 7.84. The fourth-order valence-electron chi connectivity index (χ4n) is 2.58. The molecule has 0 aromatic heterocycles. The molecule has 2 N–H and O–H groups in total. The van der Waals surface area contributed by atoms with Gasteiger partial charge in [-0.25, -0.2) is 0 Å². The van der Waals surface area contributed by atoms with Gasteiger partial charge >= 0.3 is 0 Å². The summed E-state index contributed by atoms with van der Waals surface area (Å²) in [6, 6.07) is 0.445. The van der Waals surface area contributed by atoms with Crippen LogP contribution in [-0.2, 0) is 4.74 Å². The Balaban J connectivity index is 1.81. The Morgan fingerprint density at radius 3 is 2.44 bits per heavy atom. The highest BCUT2D eigenvalue weighted by Gasteiger charge is 2.49.